The van der Waals surface area contributed by atoms with Gasteiger partial charge >= 0.3 is 0 Å². The van der Waals surface area contributed by atoms with E-state index in [0.29, 0.717) is 38.7 Å². The Morgan fingerprint density at radius 2 is 1.88 bits per heavy atom. The van der Waals surface area contributed by atoms with E-state index in [2.05, 4.69) is 30.1 Å². The predicted octanol–water partition coefficient (Wildman–Crippen LogP) is 5.34. The van der Waals surface area contributed by atoms with Crippen molar-refractivity contribution in [3.63, 3.8) is 0 Å². The number of nitrogens with zero attached hydrogens (tertiary/aromatic N) is 5. The number of pyridine rings is 3. The topological polar surface area (TPSA) is 113 Å². The van der Waals surface area contributed by atoms with Crippen molar-refractivity contribution in [3.05, 3.63) is 65.3 Å². The molecule has 10 heteroatoms. The van der Waals surface area contributed by atoms with Crippen molar-refractivity contribution in [1.29, 1.82) is 0 Å². The number of hydrogen-bond donors (Lipinski definition) is 2. The van der Waals surface area contributed by atoms with Crippen LogP contribution in [0.2, 0.25) is 0 Å². The van der Waals surface area contributed by atoms with E-state index < -0.39 is 5.82 Å². The Bertz CT molecular complexity index is 1730. The lowest BCUT2D eigenvalue weighted by atomic mass is 10.1. The quantitative estimate of drug-likeness (QED) is 0.337. The van der Waals surface area contributed by atoms with Gasteiger partial charge in [0.1, 0.15) is 22.6 Å². The second-order valence-electron chi connectivity index (χ2n) is 7.83. The largest absolute Gasteiger partial charge is 0.336 e. The fourth-order valence-corrected chi connectivity index (χ4v) is 4.83. The van der Waals surface area contributed by atoms with Crippen LogP contribution in [0.25, 0.3) is 55.3 Å². The summed E-state index contributed by atoms with van der Waals surface area (Å²) in [7, 11) is 0. The number of carbonyl (C=O) groups is 1. The summed E-state index contributed by atoms with van der Waals surface area (Å²) < 4.78 is 15.8. The first-order chi connectivity index (χ1) is 16.5. The molecule has 6 heterocycles. The van der Waals surface area contributed by atoms with E-state index in [4.69, 9.17) is 4.98 Å². The van der Waals surface area contributed by atoms with Crippen LogP contribution < -0.4 is 0 Å². The molecule has 0 saturated heterocycles. The molecule has 0 atom stereocenters. The third-order valence-electron chi connectivity index (χ3n) is 5.65. The first-order valence-corrected chi connectivity index (χ1v) is 11.2. The van der Waals surface area contributed by atoms with Crippen LogP contribution >= 0.6 is 11.3 Å². The van der Waals surface area contributed by atoms with Gasteiger partial charge in [-0.1, -0.05) is 0 Å². The second-order valence-corrected chi connectivity index (χ2v) is 8.92. The monoisotopic (exact) mass is 469 g/mol. The van der Waals surface area contributed by atoms with E-state index in [1.165, 1.54) is 18.3 Å². The molecule has 0 aromatic carbocycles. The number of Topliss-reactive ketones (excluding diaryl/α,β-unsaturated/α-hetero) is 1. The molecule has 0 saturated carbocycles. The first-order valence-electron chi connectivity index (χ1n) is 10.4. The van der Waals surface area contributed by atoms with Crippen molar-refractivity contribution in [3.8, 4) is 33.3 Å². The molecular weight excluding hydrogens is 453 g/mol. The van der Waals surface area contributed by atoms with E-state index in [-0.39, 0.29) is 16.9 Å². The molecule has 0 radical (unpaired) electrons. The molecule has 0 fully saturated rings. The molecule has 6 rings (SSSR count). The van der Waals surface area contributed by atoms with Gasteiger partial charge in [-0.15, -0.1) is 11.3 Å². The zero-order valence-corrected chi connectivity index (χ0v) is 18.9. The van der Waals surface area contributed by atoms with Gasteiger partial charge in [0.25, 0.3) is 0 Å². The van der Waals surface area contributed by atoms with E-state index >= 15 is 4.39 Å². The molecule has 0 aliphatic heterocycles. The fourth-order valence-electron chi connectivity index (χ4n) is 3.93. The zero-order valence-electron chi connectivity index (χ0n) is 18.0. The number of thiophene rings is 1. The standard InChI is InChI=1S/C24H16FN7OS/c1-11-5-7-26-9-13(11)20-19(25)18-15(10-28-20)31-32-23(18)24-29-14-6-8-27-22(21(14)30-24)17-4-3-16(34-17)12(2)33/h3-10H,1-2H3,(H,29,30)(H,31,32). The molecule has 2 N–H and O–H groups in total. The van der Waals surface area contributed by atoms with Crippen LogP contribution in [-0.2, 0) is 0 Å². The molecule has 6 aromatic rings. The second kappa shape index (κ2) is 7.63. The lowest BCUT2D eigenvalue weighted by Gasteiger charge is -2.06. The fraction of sp³-hybridized carbons (Fsp3) is 0.0833. The molecule has 0 aliphatic carbocycles. The Hall–Kier alpha value is -4.31. The van der Waals surface area contributed by atoms with Crippen LogP contribution in [0.1, 0.15) is 22.2 Å². The minimum absolute atomic E-state index is 0.00197. The summed E-state index contributed by atoms with van der Waals surface area (Å²) in [5.74, 6) is -0.101. The van der Waals surface area contributed by atoms with Gasteiger partial charge in [-0.05, 0) is 43.7 Å². The summed E-state index contributed by atoms with van der Waals surface area (Å²) in [6.07, 6.45) is 6.48. The van der Waals surface area contributed by atoms with Crippen molar-refractivity contribution >= 4 is 39.1 Å². The maximum Gasteiger partial charge on any atom is 0.169 e. The minimum atomic E-state index is -0.500. The number of carbonyl (C=O) groups excluding carboxylic acids is 1. The average molecular weight is 470 g/mol. The van der Waals surface area contributed by atoms with Crippen LogP contribution in [0.15, 0.2) is 49.1 Å². The third-order valence-corrected chi connectivity index (χ3v) is 6.84. The Morgan fingerprint density at radius 3 is 2.68 bits per heavy atom. The Balaban J connectivity index is 1.53. The molecule has 34 heavy (non-hydrogen) atoms. The van der Waals surface area contributed by atoms with Gasteiger partial charge < -0.3 is 4.98 Å². The lowest BCUT2D eigenvalue weighted by Crippen LogP contribution is -1.94. The van der Waals surface area contributed by atoms with E-state index in [0.717, 1.165) is 16.0 Å². The predicted molar refractivity (Wildman–Crippen MR) is 128 cm³/mol. The molecular formula is C24H16FN7OS. The van der Waals surface area contributed by atoms with Gasteiger partial charge in [-0.25, -0.2) is 9.37 Å². The normalized spacial score (nSPS) is 11.5. The highest BCUT2D eigenvalue weighted by Gasteiger charge is 2.22. The number of halogens is 1. The van der Waals surface area contributed by atoms with Crippen LogP contribution in [0.4, 0.5) is 4.39 Å². The van der Waals surface area contributed by atoms with Crippen LogP contribution in [-0.4, -0.2) is 40.9 Å². The van der Waals surface area contributed by atoms with Crippen molar-refractivity contribution in [1.82, 2.24) is 35.1 Å². The number of aromatic amines is 2. The number of nitrogens with one attached hydrogen (secondary N) is 2. The number of H-pyrrole nitrogens is 2. The van der Waals surface area contributed by atoms with Gasteiger partial charge in [0.2, 0.25) is 0 Å². The number of imidazole rings is 1. The Morgan fingerprint density at radius 1 is 1.00 bits per heavy atom. The molecule has 0 aliphatic rings. The van der Waals surface area contributed by atoms with Gasteiger partial charge in [0.15, 0.2) is 17.4 Å². The number of fused-ring (bicyclic) bond motifs is 2. The van der Waals surface area contributed by atoms with Gasteiger partial charge in [0.05, 0.1) is 32.4 Å². The van der Waals surface area contributed by atoms with Gasteiger partial charge in [-0.3, -0.25) is 24.8 Å². The number of aryl methyl sites for hydroxylation is 1. The van der Waals surface area contributed by atoms with Crippen molar-refractivity contribution in [2.45, 2.75) is 13.8 Å². The summed E-state index contributed by atoms with van der Waals surface area (Å²) in [6, 6.07) is 7.25. The van der Waals surface area contributed by atoms with Gasteiger partial charge in [0, 0.05) is 24.2 Å². The summed E-state index contributed by atoms with van der Waals surface area (Å²) in [5, 5.41) is 7.47. The van der Waals surface area contributed by atoms with E-state index in [1.807, 2.05) is 19.1 Å². The molecule has 0 amide bonds. The van der Waals surface area contributed by atoms with Crippen molar-refractivity contribution in [2.75, 3.05) is 0 Å². The summed E-state index contributed by atoms with van der Waals surface area (Å²) >= 11 is 1.36. The van der Waals surface area contributed by atoms with Crippen molar-refractivity contribution in [2.24, 2.45) is 0 Å². The molecule has 0 unspecified atom stereocenters. The van der Waals surface area contributed by atoms with Crippen LogP contribution in [0, 0.1) is 12.7 Å². The third kappa shape index (κ3) is 3.11. The number of rotatable bonds is 4. The molecule has 8 nitrogen and oxygen atoms in total. The highest BCUT2D eigenvalue weighted by atomic mass is 32.1. The smallest absolute Gasteiger partial charge is 0.169 e. The maximum absolute atomic E-state index is 15.8. The SMILES string of the molecule is CC(=O)c1ccc(-c2nccc3[nH]c(-c4n[nH]c5cnc(-c6cnccc6C)c(F)c45)nc23)s1. The van der Waals surface area contributed by atoms with Gasteiger partial charge in [-0.2, -0.15) is 5.10 Å². The van der Waals surface area contributed by atoms with Crippen LogP contribution in [0.5, 0.6) is 0 Å². The molecule has 0 spiro atoms. The Kier molecular flexibility index (Phi) is 4.56. The van der Waals surface area contributed by atoms with Crippen molar-refractivity contribution < 1.29 is 9.18 Å². The zero-order chi connectivity index (χ0) is 23.4. The summed E-state index contributed by atoms with van der Waals surface area (Å²) in [6.45, 7) is 3.41. The lowest BCUT2D eigenvalue weighted by molar-refractivity contribution is 0.102. The highest BCUT2D eigenvalue weighted by molar-refractivity contribution is 7.17. The summed E-state index contributed by atoms with van der Waals surface area (Å²) in [4.78, 5) is 34.1. The first kappa shape index (κ1) is 20.3. The molecule has 0 bridgehead atoms. The molecule has 166 valence electrons. The highest BCUT2D eigenvalue weighted by Crippen LogP contribution is 2.35. The van der Waals surface area contributed by atoms with Crippen LogP contribution in [0.3, 0.4) is 0 Å². The van der Waals surface area contributed by atoms with E-state index in [9.17, 15) is 4.79 Å². The number of hydrogen-bond acceptors (Lipinski definition) is 7. The maximum atomic E-state index is 15.8. The average Bonchev–Trinajstić information content (AvgIpc) is 3.57. The summed E-state index contributed by atoms with van der Waals surface area (Å²) in [5.41, 5.74) is 4.47. The minimum Gasteiger partial charge on any atom is -0.336 e. The van der Waals surface area contributed by atoms with E-state index in [1.54, 1.807) is 36.9 Å². The molecule has 6 aromatic heterocycles. The number of aromatic nitrogens is 7. The Labute approximate surface area is 196 Å². The number of ketones is 1.